The van der Waals surface area contributed by atoms with Crippen LogP contribution < -0.4 is 14.8 Å². The highest BCUT2D eigenvalue weighted by Crippen LogP contribution is 2.37. The molecule has 0 spiro atoms. The maximum atomic E-state index is 13.5. The van der Waals surface area contributed by atoms with Crippen LogP contribution in [0.25, 0.3) is 0 Å². The van der Waals surface area contributed by atoms with E-state index >= 15 is 0 Å². The Morgan fingerprint density at radius 3 is 2.48 bits per heavy atom. The van der Waals surface area contributed by atoms with E-state index in [0.717, 1.165) is 66.6 Å². The number of carbonyl (C=O) groups excluding carboxylic acids is 2. The van der Waals surface area contributed by atoms with E-state index in [9.17, 15) is 9.59 Å². The van der Waals surface area contributed by atoms with Gasteiger partial charge < -0.3 is 29.3 Å². The molecule has 0 radical (unpaired) electrons. The Morgan fingerprint density at radius 2 is 1.83 bits per heavy atom. The minimum atomic E-state index is -0.142. The number of nitrogens with zero attached hydrogens (tertiary/aromatic N) is 2. The van der Waals surface area contributed by atoms with Crippen LogP contribution >= 0.6 is 0 Å². The number of nitrogens with one attached hydrogen (secondary N) is 1. The molecule has 1 amide bonds. The first-order valence-electron chi connectivity index (χ1n) is 16.2. The number of rotatable bonds is 14. The Kier molecular flexibility index (Phi) is 14.1. The normalized spacial score (nSPS) is 20.7. The maximum absolute atomic E-state index is 13.5. The fourth-order valence-corrected chi connectivity index (χ4v) is 6.23. The first-order valence-corrected chi connectivity index (χ1v) is 16.2. The molecule has 2 heterocycles. The number of fused-ring (bicyclic) bond motifs is 1. The van der Waals surface area contributed by atoms with Crippen molar-refractivity contribution in [3.8, 4) is 11.5 Å². The molecule has 4 rings (SSSR count). The number of ether oxygens (including phenoxy) is 3. The number of Topliss-reactive ketones (excluding diaryl/α,β-unsaturated/α-hetero) is 1. The molecular formula is C34H57N3O5. The zero-order chi connectivity index (χ0) is 30.6. The van der Waals surface area contributed by atoms with Gasteiger partial charge in [0.2, 0.25) is 5.91 Å². The molecule has 1 aliphatic carbocycles. The lowest BCUT2D eigenvalue weighted by molar-refractivity contribution is -0.138. The largest absolute Gasteiger partial charge is 0.493 e. The van der Waals surface area contributed by atoms with Crippen LogP contribution in [0.15, 0.2) is 12.1 Å². The van der Waals surface area contributed by atoms with Crippen LogP contribution in [0, 0.1) is 23.7 Å². The molecule has 8 heteroatoms. The monoisotopic (exact) mass is 587 g/mol. The van der Waals surface area contributed by atoms with Crippen LogP contribution in [-0.4, -0.2) is 88.2 Å². The smallest absolute Gasteiger partial charge is 0.227 e. The molecule has 1 saturated carbocycles. The number of amides is 1. The zero-order valence-corrected chi connectivity index (χ0v) is 27.4. The van der Waals surface area contributed by atoms with Crippen LogP contribution in [0.2, 0.25) is 0 Å². The Morgan fingerprint density at radius 1 is 1.10 bits per heavy atom. The van der Waals surface area contributed by atoms with E-state index in [0.29, 0.717) is 51.9 Å². The summed E-state index contributed by atoms with van der Waals surface area (Å²) < 4.78 is 17.2. The summed E-state index contributed by atoms with van der Waals surface area (Å²) in [4.78, 5) is 29.6. The summed E-state index contributed by atoms with van der Waals surface area (Å²) in [6.45, 7) is 13.6. The number of hydrogen-bond acceptors (Lipinski definition) is 7. The maximum Gasteiger partial charge on any atom is 0.227 e. The second kappa shape index (κ2) is 17.2. The first kappa shape index (κ1) is 34.3. The van der Waals surface area contributed by atoms with E-state index < -0.39 is 0 Å². The number of carbonyl (C=O) groups is 2. The van der Waals surface area contributed by atoms with Gasteiger partial charge in [-0.2, -0.15) is 0 Å². The summed E-state index contributed by atoms with van der Waals surface area (Å²) in [7, 11) is 5.97. The molecule has 3 unspecified atom stereocenters. The van der Waals surface area contributed by atoms with Crippen LogP contribution in [0.5, 0.6) is 11.5 Å². The number of benzene rings is 1. The fourth-order valence-electron chi connectivity index (χ4n) is 6.23. The minimum absolute atomic E-state index is 0.0667. The van der Waals surface area contributed by atoms with E-state index in [1.807, 2.05) is 4.90 Å². The third kappa shape index (κ3) is 11.2. The Bertz CT molecular complexity index is 984. The van der Waals surface area contributed by atoms with E-state index in [1.54, 1.807) is 14.0 Å². The highest BCUT2D eigenvalue weighted by molar-refractivity contribution is 5.83. The van der Waals surface area contributed by atoms with Crippen molar-refractivity contribution in [3.05, 3.63) is 23.3 Å². The number of piperidine rings is 1. The van der Waals surface area contributed by atoms with Gasteiger partial charge in [0, 0.05) is 63.8 Å². The van der Waals surface area contributed by atoms with Gasteiger partial charge >= 0.3 is 0 Å². The van der Waals surface area contributed by atoms with Gasteiger partial charge in [-0.3, -0.25) is 9.59 Å². The van der Waals surface area contributed by atoms with Gasteiger partial charge in [0.15, 0.2) is 0 Å². The molecule has 1 aromatic rings. The van der Waals surface area contributed by atoms with Gasteiger partial charge in [-0.05, 0) is 89.1 Å². The van der Waals surface area contributed by atoms with Crippen molar-refractivity contribution >= 4 is 11.7 Å². The van der Waals surface area contributed by atoms with Crippen molar-refractivity contribution in [1.29, 1.82) is 0 Å². The summed E-state index contributed by atoms with van der Waals surface area (Å²) >= 11 is 0. The van der Waals surface area contributed by atoms with Gasteiger partial charge in [0.05, 0.1) is 19.1 Å². The average Bonchev–Trinajstić information content (AvgIpc) is 3.78. The summed E-state index contributed by atoms with van der Waals surface area (Å²) in [6, 6.07) is 4.46. The standard InChI is InChI=1S/C25H36N2O5.C9H21N/c1-17(28)19-13-20(15-26-14-19)25(29)27(21-6-7-21)16-18-11-23-22(5-3-9-31-23)24(12-18)32-10-4-8-30-2;1-8(2)6-9(3)7-10(4)5/h11-12,19-21,26H,3-10,13-16H2,1-2H3;8-9H,6-7H2,1-5H3. The topological polar surface area (TPSA) is 80.3 Å². The fraction of sp³-hybridized carbons (Fsp3) is 0.765. The molecule has 0 aromatic heterocycles. The Balaban J connectivity index is 0.000000416. The average molecular weight is 588 g/mol. The summed E-state index contributed by atoms with van der Waals surface area (Å²) in [5.74, 6) is 3.55. The number of methoxy groups -OCH3 is 1. The molecule has 42 heavy (non-hydrogen) atoms. The molecule has 8 nitrogen and oxygen atoms in total. The van der Waals surface area contributed by atoms with Crippen molar-refractivity contribution in [3.63, 3.8) is 0 Å². The summed E-state index contributed by atoms with van der Waals surface area (Å²) in [5, 5.41) is 3.29. The van der Waals surface area contributed by atoms with Gasteiger partial charge in [-0.1, -0.05) is 20.8 Å². The van der Waals surface area contributed by atoms with E-state index in [1.165, 1.54) is 13.0 Å². The van der Waals surface area contributed by atoms with Crippen LogP contribution in [0.3, 0.4) is 0 Å². The SMILES string of the molecule is CC(C)CC(C)CN(C)C.COCCCOc1cc(CN(C(=O)C2CNCC(C(C)=O)C2)C2CC2)cc2c1CCCO2. The minimum Gasteiger partial charge on any atom is -0.493 e. The third-order valence-corrected chi connectivity index (χ3v) is 8.26. The van der Waals surface area contributed by atoms with Gasteiger partial charge in [-0.15, -0.1) is 0 Å². The number of ketones is 1. The first-order chi connectivity index (χ1) is 20.1. The lowest BCUT2D eigenvalue weighted by atomic mass is 9.87. The van der Waals surface area contributed by atoms with Crippen molar-refractivity contribution in [2.24, 2.45) is 23.7 Å². The predicted molar refractivity (Wildman–Crippen MR) is 168 cm³/mol. The number of hydrogen-bond donors (Lipinski definition) is 1. The van der Waals surface area contributed by atoms with Crippen LogP contribution in [0.4, 0.5) is 0 Å². The summed E-state index contributed by atoms with van der Waals surface area (Å²) in [6.07, 6.45) is 6.84. The molecule has 3 aliphatic rings. The third-order valence-electron chi connectivity index (χ3n) is 8.26. The molecule has 3 atom stereocenters. The highest BCUT2D eigenvalue weighted by Gasteiger charge is 2.38. The quantitative estimate of drug-likeness (QED) is 0.308. The molecule has 238 valence electrons. The lowest BCUT2D eigenvalue weighted by Crippen LogP contribution is -2.47. The van der Waals surface area contributed by atoms with Crippen LogP contribution in [0.1, 0.15) is 77.3 Å². The predicted octanol–water partition coefficient (Wildman–Crippen LogP) is 4.96. The van der Waals surface area contributed by atoms with Crippen molar-refractivity contribution < 1.29 is 23.8 Å². The van der Waals surface area contributed by atoms with E-state index in [2.05, 4.69) is 57.2 Å². The van der Waals surface area contributed by atoms with Gasteiger partial charge in [-0.25, -0.2) is 0 Å². The zero-order valence-electron chi connectivity index (χ0n) is 27.4. The highest BCUT2D eigenvalue weighted by atomic mass is 16.5. The van der Waals surface area contributed by atoms with Gasteiger partial charge in [0.1, 0.15) is 17.3 Å². The molecule has 2 fully saturated rings. The van der Waals surface area contributed by atoms with E-state index in [4.69, 9.17) is 14.2 Å². The van der Waals surface area contributed by atoms with Gasteiger partial charge in [0.25, 0.3) is 0 Å². The summed E-state index contributed by atoms with van der Waals surface area (Å²) in [5.41, 5.74) is 2.17. The molecule has 2 aliphatic heterocycles. The second-order valence-electron chi connectivity index (χ2n) is 13.3. The van der Waals surface area contributed by atoms with E-state index in [-0.39, 0.29) is 23.5 Å². The van der Waals surface area contributed by atoms with Crippen molar-refractivity contribution in [2.75, 3.05) is 60.7 Å². The second-order valence-corrected chi connectivity index (χ2v) is 13.3. The van der Waals surface area contributed by atoms with Crippen LogP contribution in [-0.2, 0) is 27.3 Å². The van der Waals surface area contributed by atoms with Crippen molar-refractivity contribution in [1.82, 2.24) is 15.1 Å². The van der Waals surface area contributed by atoms with Crippen molar-refractivity contribution in [2.45, 2.75) is 85.2 Å². The molecule has 1 N–H and O–H groups in total. The Hall–Kier alpha value is -2.16. The molecule has 0 bridgehead atoms. The molecular weight excluding hydrogens is 530 g/mol. The molecule has 1 aromatic carbocycles. The Labute approximate surface area is 254 Å². The molecule has 1 saturated heterocycles. The lowest BCUT2D eigenvalue weighted by Gasteiger charge is -2.33.